The van der Waals surface area contributed by atoms with Crippen LogP contribution in [0.2, 0.25) is 0 Å². The van der Waals surface area contributed by atoms with E-state index in [0.29, 0.717) is 16.1 Å². The van der Waals surface area contributed by atoms with Gasteiger partial charge in [0.2, 0.25) is 0 Å². The van der Waals surface area contributed by atoms with E-state index in [2.05, 4.69) is 47.8 Å². The summed E-state index contributed by atoms with van der Waals surface area (Å²) < 4.78 is 21.2. The van der Waals surface area contributed by atoms with Crippen molar-refractivity contribution in [1.29, 1.82) is 0 Å². The van der Waals surface area contributed by atoms with Gasteiger partial charge in [0.1, 0.15) is 18.2 Å². The monoisotopic (exact) mass is 484 g/mol. The van der Waals surface area contributed by atoms with Crippen molar-refractivity contribution in [2.45, 2.75) is 12.5 Å². The van der Waals surface area contributed by atoms with Crippen molar-refractivity contribution in [3.05, 3.63) is 60.7 Å². The first-order valence-corrected chi connectivity index (χ1v) is 8.54. The lowest BCUT2D eigenvalue weighted by Crippen LogP contribution is -1.99. The molecule has 2 aromatic rings. The maximum absolute atomic E-state index is 13.4. The molecule has 20 heavy (non-hydrogen) atoms. The van der Waals surface area contributed by atoms with E-state index >= 15 is 0 Å². The van der Waals surface area contributed by atoms with Crippen molar-refractivity contribution in [2.75, 3.05) is 0 Å². The minimum atomic E-state index is -0.304. The van der Waals surface area contributed by atoms with Gasteiger partial charge in [-0.2, -0.15) is 0 Å². The molecule has 0 spiro atoms. The van der Waals surface area contributed by atoms with E-state index in [4.69, 9.17) is 16.3 Å². The highest BCUT2D eigenvalue weighted by Gasteiger charge is 2.11. The molecule has 2 aromatic carbocycles. The van der Waals surface area contributed by atoms with Crippen molar-refractivity contribution in [1.82, 2.24) is 0 Å². The molecule has 0 fully saturated rings. The van der Waals surface area contributed by atoms with Crippen LogP contribution in [0.3, 0.4) is 0 Å². The zero-order valence-electron chi connectivity index (χ0n) is 10.1. The largest absolute Gasteiger partial charge is 0.486 e. The number of alkyl halides is 1. The van der Waals surface area contributed by atoms with E-state index in [1.807, 2.05) is 18.2 Å². The Hall–Kier alpha value is -0.100. The summed E-state index contributed by atoms with van der Waals surface area (Å²) in [4.78, 5) is 0. The molecule has 0 saturated heterocycles. The van der Waals surface area contributed by atoms with Gasteiger partial charge in [-0.25, -0.2) is 4.39 Å². The van der Waals surface area contributed by atoms with Crippen molar-refractivity contribution in [2.24, 2.45) is 0 Å². The van der Waals surface area contributed by atoms with Crippen LogP contribution in [0.1, 0.15) is 11.1 Å². The van der Waals surface area contributed by atoms with E-state index in [-0.39, 0.29) is 12.4 Å². The standard InChI is InChI=1S/C14H9Br3ClFO/c15-10-4-8(6-18)5-11(16)14(10)20-7-9-2-1-3-12(19)13(9)17/h1-5H,6-7H2. The highest BCUT2D eigenvalue weighted by atomic mass is 79.9. The van der Waals surface area contributed by atoms with E-state index in [1.54, 1.807) is 6.07 Å². The lowest BCUT2D eigenvalue weighted by atomic mass is 10.2. The molecule has 0 N–H and O–H groups in total. The Balaban J connectivity index is 2.21. The van der Waals surface area contributed by atoms with Crippen LogP contribution in [0.25, 0.3) is 0 Å². The molecule has 2 rings (SSSR count). The Morgan fingerprint density at radius 1 is 1.10 bits per heavy atom. The third kappa shape index (κ3) is 3.75. The highest BCUT2D eigenvalue weighted by Crippen LogP contribution is 2.36. The fourth-order valence-corrected chi connectivity index (χ4v) is 3.68. The van der Waals surface area contributed by atoms with Crippen molar-refractivity contribution >= 4 is 59.4 Å². The van der Waals surface area contributed by atoms with Gasteiger partial charge in [-0.1, -0.05) is 12.1 Å². The summed E-state index contributed by atoms with van der Waals surface area (Å²) in [7, 11) is 0. The smallest absolute Gasteiger partial charge is 0.148 e. The van der Waals surface area contributed by atoms with Gasteiger partial charge >= 0.3 is 0 Å². The highest BCUT2D eigenvalue weighted by molar-refractivity contribution is 9.11. The summed E-state index contributed by atoms with van der Waals surface area (Å²) in [5, 5.41) is 0. The van der Waals surface area contributed by atoms with Gasteiger partial charge in [-0.3, -0.25) is 0 Å². The zero-order chi connectivity index (χ0) is 14.7. The van der Waals surface area contributed by atoms with Crippen LogP contribution in [0.15, 0.2) is 43.7 Å². The van der Waals surface area contributed by atoms with Gasteiger partial charge < -0.3 is 4.74 Å². The van der Waals surface area contributed by atoms with Crippen LogP contribution in [0, 0.1) is 5.82 Å². The average Bonchev–Trinajstić information content (AvgIpc) is 2.42. The number of ether oxygens (including phenoxy) is 1. The molecular weight excluding hydrogens is 478 g/mol. The molecule has 1 nitrogen and oxygen atoms in total. The van der Waals surface area contributed by atoms with E-state index < -0.39 is 0 Å². The number of hydrogen-bond donors (Lipinski definition) is 0. The lowest BCUT2D eigenvalue weighted by Gasteiger charge is -2.12. The minimum absolute atomic E-state index is 0.260. The van der Waals surface area contributed by atoms with Crippen LogP contribution >= 0.6 is 59.4 Å². The van der Waals surface area contributed by atoms with Gasteiger partial charge in [0.25, 0.3) is 0 Å². The Bertz CT molecular complexity index is 611. The molecule has 0 heterocycles. The van der Waals surface area contributed by atoms with E-state index in [0.717, 1.165) is 20.1 Å². The van der Waals surface area contributed by atoms with Crippen LogP contribution in [-0.4, -0.2) is 0 Å². The van der Waals surface area contributed by atoms with Gasteiger partial charge in [-0.15, -0.1) is 11.6 Å². The number of halogens is 5. The molecule has 106 valence electrons. The molecule has 0 aliphatic carbocycles. The molecule has 0 aliphatic rings. The summed E-state index contributed by atoms with van der Waals surface area (Å²) in [6.07, 6.45) is 0. The van der Waals surface area contributed by atoms with Crippen LogP contribution in [-0.2, 0) is 12.5 Å². The first-order valence-electron chi connectivity index (χ1n) is 5.62. The quantitative estimate of drug-likeness (QED) is 0.452. The molecular formula is C14H9Br3ClFO. The molecule has 0 radical (unpaired) electrons. The average molecular weight is 487 g/mol. The second kappa shape index (κ2) is 7.25. The molecule has 0 atom stereocenters. The second-order valence-corrected chi connectivity index (χ2v) is 6.79. The number of benzene rings is 2. The Morgan fingerprint density at radius 3 is 2.35 bits per heavy atom. The molecule has 0 bridgehead atoms. The Kier molecular flexibility index (Phi) is 5.90. The number of hydrogen-bond acceptors (Lipinski definition) is 1. The van der Waals surface area contributed by atoms with Gasteiger partial charge in [0, 0.05) is 11.4 Å². The third-order valence-corrected chi connectivity index (χ3v) is 4.99. The first-order chi connectivity index (χ1) is 9.52. The number of rotatable bonds is 4. The minimum Gasteiger partial charge on any atom is -0.486 e. The molecule has 0 aromatic heterocycles. The molecule has 0 unspecified atom stereocenters. The van der Waals surface area contributed by atoms with Crippen LogP contribution in [0.4, 0.5) is 4.39 Å². The summed E-state index contributed by atoms with van der Waals surface area (Å²) in [6.45, 7) is 0.260. The summed E-state index contributed by atoms with van der Waals surface area (Å²) in [5.74, 6) is 0.782. The summed E-state index contributed by atoms with van der Waals surface area (Å²) in [5.41, 5.74) is 1.72. The zero-order valence-corrected chi connectivity index (χ0v) is 15.6. The van der Waals surface area contributed by atoms with Crippen molar-refractivity contribution in [3.63, 3.8) is 0 Å². The predicted octanol–water partition coefficient (Wildman–Crippen LogP) is 6.43. The normalized spacial score (nSPS) is 10.7. The third-order valence-electron chi connectivity index (χ3n) is 2.62. The van der Waals surface area contributed by atoms with E-state index in [9.17, 15) is 4.39 Å². The Labute approximate surface area is 146 Å². The SMILES string of the molecule is Fc1cccc(COc2c(Br)cc(CCl)cc2Br)c1Br. The van der Waals surface area contributed by atoms with Gasteiger partial charge in [0.15, 0.2) is 0 Å². The molecule has 6 heteroatoms. The lowest BCUT2D eigenvalue weighted by molar-refractivity contribution is 0.300. The van der Waals surface area contributed by atoms with Crippen molar-refractivity contribution in [3.8, 4) is 5.75 Å². The topological polar surface area (TPSA) is 9.23 Å². The fraction of sp³-hybridized carbons (Fsp3) is 0.143. The maximum atomic E-state index is 13.4. The fourth-order valence-electron chi connectivity index (χ4n) is 1.64. The van der Waals surface area contributed by atoms with Crippen LogP contribution < -0.4 is 4.74 Å². The van der Waals surface area contributed by atoms with Gasteiger partial charge in [-0.05, 0) is 71.6 Å². The van der Waals surface area contributed by atoms with Crippen molar-refractivity contribution < 1.29 is 9.13 Å². The summed E-state index contributed by atoms with van der Waals surface area (Å²) >= 11 is 15.9. The molecule has 0 amide bonds. The predicted molar refractivity (Wildman–Crippen MR) is 89.8 cm³/mol. The second-order valence-electron chi connectivity index (χ2n) is 4.02. The Morgan fingerprint density at radius 2 is 1.75 bits per heavy atom. The maximum Gasteiger partial charge on any atom is 0.148 e. The van der Waals surface area contributed by atoms with Crippen LogP contribution in [0.5, 0.6) is 5.75 Å². The van der Waals surface area contributed by atoms with E-state index in [1.165, 1.54) is 6.07 Å². The summed E-state index contributed by atoms with van der Waals surface area (Å²) in [6, 6.07) is 8.65. The molecule has 0 saturated carbocycles. The van der Waals surface area contributed by atoms with Gasteiger partial charge in [0.05, 0.1) is 13.4 Å². The first kappa shape index (κ1) is 16.3. The molecule has 0 aliphatic heterocycles.